The Labute approximate surface area is 89.2 Å². The van der Waals surface area contributed by atoms with Crippen LogP contribution in [0.2, 0.25) is 0 Å². The molecule has 0 aliphatic heterocycles. The molecule has 0 aliphatic rings. The minimum atomic E-state index is -0.750. The molecule has 1 N–H and O–H groups in total. The second kappa shape index (κ2) is 3.69. The molecule has 5 nitrogen and oxygen atoms in total. The van der Waals surface area contributed by atoms with E-state index in [9.17, 15) is 9.59 Å². The predicted molar refractivity (Wildman–Crippen MR) is 56.2 cm³/mol. The van der Waals surface area contributed by atoms with Gasteiger partial charge in [-0.3, -0.25) is 0 Å². The van der Waals surface area contributed by atoms with Crippen molar-refractivity contribution in [2.45, 2.75) is 6.92 Å². The fraction of sp³-hybridized carbons (Fsp3) is 0.0909. The number of aromatic hydroxyl groups is 1. The van der Waals surface area contributed by atoms with Crippen LogP contribution in [0.1, 0.15) is 5.56 Å². The summed E-state index contributed by atoms with van der Waals surface area (Å²) in [7, 11) is 0. The molecule has 3 aromatic rings. The van der Waals surface area contributed by atoms with E-state index in [1.54, 1.807) is 6.92 Å². The fourth-order valence-electron chi connectivity index (χ4n) is 1.37. The molecule has 0 amide bonds. The highest BCUT2D eigenvalue weighted by atomic mass is 16.5. The van der Waals surface area contributed by atoms with Crippen LogP contribution < -0.4 is 11.3 Å². The van der Waals surface area contributed by atoms with Crippen LogP contribution in [-0.4, -0.2) is 5.11 Å². The first-order chi connectivity index (χ1) is 7.58. The predicted octanol–water partition coefficient (Wildman–Crippen LogP) is 1.32. The maximum Gasteiger partial charge on any atom is 0.346 e. The average molecular weight is 220 g/mol. The molecule has 0 fully saturated rings. The Morgan fingerprint density at radius 1 is 1.19 bits per heavy atom. The third-order valence-electron chi connectivity index (χ3n) is 2.15. The molecule has 2 bridgehead atoms. The van der Waals surface area contributed by atoms with Gasteiger partial charge in [-0.25, -0.2) is 9.59 Å². The summed E-state index contributed by atoms with van der Waals surface area (Å²) >= 11 is 0. The van der Waals surface area contributed by atoms with Crippen molar-refractivity contribution in [1.82, 2.24) is 0 Å². The summed E-state index contributed by atoms with van der Waals surface area (Å²) in [6.07, 6.45) is 0.686. The van der Waals surface area contributed by atoms with E-state index in [4.69, 9.17) is 5.11 Å². The fourth-order valence-corrected chi connectivity index (χ4v) is 1.37. The molecule has 1 aromatic carbocycles. The molecule has 3 rings (SSSR count). The van der Waals surface area contributed by atoms with Crippen LogP contribution in [0.15, 0.2) is 42.9 Å². The summed E-state index contributed by atoms with van der Waals surface area (Å²) < 4.78 is 9.12. The summed E-state index contributed by atoms with van der Waals surface area (Å²) in [5, 5.41) is 9.70. The van der Waals surface area contributed by atoms with Crippen LogP contribution in [0.5, 0.6) is 5.95 Å². The van der Waals surface area contributed by atoms with Crippen molar-refractivity contribution in [1.29, 1.82) is 0 Å². The molecule has 0 atom stereocenters. The van der Waals surface area contributed by atoms with Crippen molar-refractivity contribution in [3.8, 4) is 5.95 Å². The molecule has 0 saturated heterocycles. The molecule has 0 aliphatic carbocycles. The Morgan fingerprint density at radius 3 is 2.62 bits per heavy atom. The van der Waals surface area contributed by atoms with Crippen molar-refractivity contribution >= 4 is 10.8 Å². The van der Waals surface area contributed by atoms with Gasteiger partial charge in [0.05, 0.1) is 10.8 Å². The smallest absolute Gasteiger partial charge is 0.346 e. The Kier molecular flexibility index (Phi) is 2.36. The molecular formula is C11H8O5. The lowest BCUT2D eigenvalue weighted by atomic mass is 10.1. The van der Waals surface area contributed by atoms with Gasteiger partial charge < -0.3 is 13.9 Å². The zero-order valence-corrected chi connectivity index (χ0v) is 8.39. The van der Waals surface area contributed by atoms with Crippen molar-refractivity contribution in [2.24, 2.45) is 0 Å². The van der Waals surface area contributed by atoms with Gasteiger partial charge in [0.15, 0.2) is 6.26 Å². The van der Waals surface area contributed by atoms with Gasteiger partial charge in [0.1, 0.15) is 0 Å². The van der Waals surface area contributed by atoms with Gasteiger partial charge in [0.2, 0.25) is 0 Å². The third-order valence-corrected chi connectivity index (χ3v) is 2.15. The highest BCUT2D eigenvalue weighted by Gasteiger charge is 2.01. The van der Waals surface area contributed by atoms with E-state index < -0.39 is 17.2 Å². The number of fused-ring (bicyclic) bond motifs is 7. The third kappa shape index (κ3) is 1.75. The normalized spacial score (nSPS) is 10.3. The molecule has 82 valence electrons. The van der Waals surface area contributed by atoms with E-state index in [1.165, 1.54) is 18.2 Å². The van der Waals surface area contributed by atoms with E-state index in [0.717, 1.165) is 0 Å². The van der Waals surface area contributed by atoms with E-state index in [2.05, 4.69) is 8.83 Å². The molecular weight excluding hydrogens is 212 g/mol. The summed E-state index contributed by atoms with van der Waals surface area (Å²) in [6, 6.07) is 4.43. The van der Waals surface area contributed by atoms with Crippen LogP contribution >= 0.6 is 0 Å². The average Bonchev–Trinajstić information content (AvgIpc) is 2.24. The minimum Gasteiger partial charge on any atom is -0.478 e. The Bertz CT molecular complexity index is 678. The minimum absolute atomic E-state index is 0.290. The van der Waals surface area contributed by atoms with Crippen molar-refractivity contribution in [3.05, 3.63) is 50.9 Å². The lowest BCUT2D eigenvalue weighted by Gasteiger charge is -1.94. The van der Waals surface area contributed by atoms with E-state index in [0.29, 0.717) is 22.6 Å². The lowest BCUT2D eigenvalue weighted by molar-refractivity contribution is 0.295. The van der Waals surface area contributed by atoms with Crippen LogP contribution in [0.4, 0.5) is 0 Å². The van der Waals surface area contributed by atoms with Gasteiger partial charge in [-0.15, -0.1) is 0 Å². The van der Waals surface area contributed by atoms with Crippen molar-refractivity contribution < 1.29 is 13.9 Å². The molecule has 2 aromatic heterocycles. The maximum absolute atomic E-state index is 11.5. The first-order valence-electron chi connectivity index (χ1n) is 4.51. The number of benzene rings is 1. The summed E-state index contributed by atoms with van der Waals surface area (Å²) in [5.41, 5.74) is -0.746. The van der Waals surface area contributed by atoms with Crippen LogP contribution in [0, 0.1) is 6.92 Å². The second-order valence-corrected chi connectivity index (χ2v) is 3.28. The monoisotopic (exact) mass is 220 g/mol. The summed E-state index contributed by atoms with van der Waals surface area (Å²) in [5.74, 6) is -0.750. The first-order valence-corrected chi connectivity index (χ1v) is 4.51. The summed E-state index contributed by atoms with van der Waals surface area (Å²) in [4.78, 5) is 22.9. The highest BCUT2D eigenvalue weighted by Crippen LogP contribution is 2.08. The first kappa shape index (κ1) is 10.2. The zero-order chi connectivity index (χ0) is 11.7. The quantitative estimate of drug-likeness (QED) is 0.724. The SMILES string of the molecule is Cc1cc2ccc1c(=O)oc(O)coc2=O. The second-order valence-electron chi connectivity index (χ2n) is 3.28. The van der Waals surface area contributed by atoms with Crippen LogP contribution in [0.3, 0.4) is 0 Å². The highest BCUT2D eigenvalue weighted by molar-refractivity contribution is 5.66. The van der Waals surface area contributed by atoms with E-state index in [1.807, 2.05) is 0 Å². The number of hydrogen-bond acceptors (Lipinski definition) is 5. The number of rotatable bonds is 0. The van der Waals surface area contributed by atoms with Crippen molar-refractivity contribution in [2.75, 3.05) is 0 Å². The summed E-state index contributed by atoms with van der Waals surface area (Å²) in [6.45, 7) is 1.66. The molecule has 0 saturated carbocycles. The molecule has 0 spiro atoms. The Hall–Kier alpha value is -2.30. The van der Waals surface area contributed by atoms with Gasteiger partial charge in [0, 0.05) is 0 Å². The zero-order valence-electron chi connectivity index (χ0n) is 8.39. The number of hydrogen-bond donors (Lipinski definition) is 1. The molecule has 16 heavy (non-hydrogen) atoms. The van der Waals surface area contributed by atoms with Gasteiger partial charge in [-0.2, -0.15) is 0 Å². The Morgan fingerprint density at radius 2 is 1.94 bits per heavy atom. The van der Waals surface area contributed by atoms with Crippen LogP contribution in [0.25, 0.3) is 10.8 Å². The molecule has 0 radical (unpaired) electrons. The largest absolute Gasteiger partial charge is 0.478 e. The van der Waals surface area contributed by atoms with Gasteiger partial charge in [0.25, 0.3) is 0 Å². The Balaban J connectivity index is 3.10. The standard InChI is InChI=1S/C11H8O5/c1-6-4-7-2-3-8(6)11(14)16-9(12)5-15-10(7)13/h2-5,12H,1H3. The topological polar surface area (TPSA) is 80.7 Å². The van der Waals surface area contributed by atoms with E-state index >= 15 is 0 Å². The molecule has 2 heterocycles. The lowest BCUT2D eigenvalue weighted by Crippen LogP contribution is -2.01. The van der Waals surface area contributed by atoms with Gasteiger partial charge >= 0.3 is 17.2 Å². The van der Waals surface area contributed by atoms with Crippen LogP contribution in [-0.2, 0) is 0 Å². The molecule has 0 unspecified atom stereocenters. The number of aryl methyl sites for hydroxylation is 1. The molecule has 5 heteroatoms. The van der Waals surface area contributed by atoms with Crippen molar-refractivity contribution in [3.63, 3.8) is 0 Å². The maximum atomic E-state index is 11.5. The van der Waals surface area contributed by atoms with Gasteiger partial charge in [-0.1, -0.05) is 0 Å². The van der Waals surface area contributed by atoms with Gasteiger partial charge in [-0.05, 0) is 30.7 Å². The van der Waals surface area contributed by atoms with E-state index in [-0.39, 0.29) is 0 Å².